The number of amides is 1. The van der Waals surface area contributed by atoms with E-state index in [4.69, 9.17) is 5.11 Å². The molecule has 0 radical (unpaired) electrons. The standard InChI is InChI=1S/C13H13F2NO3/c14-13(15)7-12(8-13,16-11(18)19)5-9-1-3-10(6-17)4-2-9/h1-4,6,16H,5,7-8H2,(H,18,19). The summed E-state index contributed by atoms with van der Waals surface area (Å²) in [6.07, 6.45) is -1.43. The van der Waals surface area contributed by atoms with Gasteiger partial charge in [0.05, 0.1) is 5.54 Å². The number of hydrogen-bond acceptors (Lipinski definition) is 2. The number of carbonyl (C=O) groups is 2. The van der Waals surface area contributed by atoms with Crippen molar-refractivity contribution in [3.63, 3.8) is 0 Å². The minimum Gasteiger partial charge on any atom is -0.465 e. The summed E-state index contributed by atoms with van der Waals surface area (Å²) in [4.78, 5) is 21.2. The predicted molar refractivity (Wildman–Crippen MR) is 63.6 cm³/mol. The normalized spacial score (nSPS) is 19.3. The van der Waals surface area contributed by atoms with E-state index in [2.05, 4.69) is 5.32 Å². The van der Waals surface area contributed by atoms with Crippen LogP contribution in [0.15, 0.2) is 24.3 Å². The Morgan fingerprint density at radius 3 is 2.32 bits per heavy atom. The zero-order chi connectivity index (χ0) is 14.1. The highest BCUT2D eigenvalue weighted by atomic mass is 19.3. The first kappa shape index (κ1) is 13.5. The maximum atomic E-state index is 13.0. The van der Waals surface area contributed by atoms with Crippen molar-refractivity contribution >= 4 is 12.4 Å². The van der Waals surface area contributed by atoms with E-state index in [9.17, 15) is 18.4 Å². The van der Waals surface area contributed by atoms with Crippen LogP contribution in [-0.2, 0) is 6.42 Å². The third kappa shape index (κ3) is 3.07. The number of halogens is 2. The van der Waals surface area contributed by atoms with Gasteiger partial charge in [-0.15, -0.1) is 0 Å². The smallest absolute Gasteiger partial charge is 0.405 e. The molecule has 2 N–H and O–H groups in total. The van der Waals surface area contributed by atoms with E-state index in [0.29, 0.717) is 11.8 Å². The maximum Gasteiger partial charge on any atom is 0.405 e. The van der Waals surface area contributed by atoms with Crippen LogP contribution in [-0.4, -0.2) is 28.9 Å². The summed E-state index contributed by atoms with van der Waals surface area (Å²) in [5.41, 5.74) is 0.0932. The summed E-state index contributed by atoms with van der Waals surface area (Å²) in [7, 11) is 0. The van der Waals surface area contributed by atoms with Crippen LogP contribution in [0.25, 0.3) is 0 Å². The molecule has 1 aromatic carbocycles. The molecule has 0 bridgehead atoms. The number of carbonyl (C=O) groups excluding carboxylic acids is 1. The molecular formula is C13H13F2NO3. The second-order valence-electron chi connectivity index (χ2n) is 4.96. The van der Waals surface area contributed by atoms with Crippen LogP contribution in [0, 0.1) is 0 Å². The van der Waals surface area contributed by atoms with Gasteiger partial charge in [-0.3, -0.25) is 4.79 Å². The number of aldehydes is 1. The van der Waals surface area contributed by atoms with Crippen LogP contribution < -0.4 is 5.32 Å². The van der Waals surface area contributed by atoms with Crippen molar-refractivity contribution < 1.29 is 23.5 Å². The molecule has 0 unspecified atom stereocenters. The van der Waals surface area contributed by atoms with Crippen molar-refractivity contribution in [3.8, 4) is 0 Å². The monoisotopic (exact) mass is 269 g/mol. The van der Waals surface area contributed by atoms with Crippen LogP contribution in [0.4, 0.5) is 13.6 Å². The van der Waals surface area contributed by atoms with Crippen molar-refractivity contribution in [3.05, 3.63) is 35.4 Å². The van der Waals surface area contributed by atoms with Gasteiger partial charge in [0.1, 0.15) is 6.29 Å². The lowest BCUT2D eigenvalue weighted by molar-refractivity contribution is -0.130. The van der Waals surface area contributed by atoms with Gasteiger partial charge in [-0.25, -0.2) is 13.6 Å². The molecule has 1 aliphatic rings. The lowest BCUT2D eigenvalue weighted by Crippen LogP contribution is -2.63. The largest absolute Gasteiger partial charge is 0.465 e. The highest BCUT2D eigenvalue weighted by Crippen LogP contribution is 2.47. The summed E-state index contributed by atoms with van der Waals surface area (Å²) in [5, 5.41) is 10.9. The first-order valence-corrected chi connectivity index (χ1v) is 5.77. The molecule has 0 atom stereocenters. The van der Waals surface area contributed by atoms with E-state index >= 15 is 0 Å². The quantitative estimate of drug-likeness (QED) is 0.825. The number of rotatable bonds is 4. The first-order valence-electron chi connectivity index (χ1n) is 5.77. The lowest BCUT2D eigenvalue weighted by atomic mass is 9.70. The second kappa shape index (κ2) is 4.60. The van der Waals surface area contributed by atoms with Crippen molar-refractivity contribution in [2.45, 2.75) is 30.7 Å². The van der Waals surface area contributed by atoms with E-state index in [0.717, 1.165) is 5.56 Å². The van der Waals surface area contributed by atoms with Crippen LogP contribution in [0.1, 0.15) is 28.8 Å². The molecular weight excluding hydrogens is 256 g/mol. The third-order valence-electron chi connectivity index (χ3n) is 3.22. The molecule has 0 saturated heterocycles. The van der Waals surface area contributed by atoms with E-state index in [1.807, 2.05) is 0 Å². The summed E-state index contributed by atoms with van der Waals surface area (Å²) in [5.74, 6) is -2.81. The van der Waals surface area contributed by atoms with Gasteiger partial charge in [0.15, 0.2) is 0 Å². The van der Waals surface area contributed by atoms with Crippen molar-refractivity contribution in [1.82, 2.24) is 5.32 Å². The van der Waals surface area contributed by atoms with E-state index in [-0.39, 0.29) is 6.42 Å². The van der Waals surface area contributed by atoms with E-state index < -0.39 is 30.4 Å². The molecule has 0 heterocycles. The molecule has 6 heteroatoms. The SMILES string of the molecule is O=Cc1ccc(CC2(NC(=O)O)CC(F)(F)C2)cc1. The molecule has 102 valence electrons. The fourth-order valence-electron chi connectivity index (χ4n) is 2.53. The number of hydrogen-bond donors (Lipinski definition) is 2. The fourth-order valence-corrected chi connectivity index (χ4v) is 2.53. The molecule has 0 aromatic heterocycles. The molecule has 1 aromatic rings. The van der Waals surface area contributed by atoms with Crippen LogP contribution in [0.5, 0.6) is 0 Å². The van der Waals surface area contributed by atoms with Gasteiger partial charge in [-0.05, 0) is 12.0 Å². The topological polar surface area (TPSA) is 66.4 Å². The molecule has 1 fully saturated rings. The van der Waals surface area contributed by atoms with E-state index in [1.54, 1.807) is 24.3 Å². The number of benzene rings is 1. The Kier molecular flexibility index (Phi) is 3.26. The minimum absolute atomic E-state index is 0.189. The molecule has 1 aliphatic carbocycles. The van der Waals surface area contributed by atoms with Crippen LogP contribution in [0.3, 0.4) is 0 Å². The van der Waals surface area contributed by atoms with Crippen molar-refractivity contribution in [2.24, 2.45) is 0 Å². The summed E-state index contributed by atoms with van der Waals surface area (Å²) < 4.78 is 26.1. The van der Waals surface area contributed by atoms with Crippen LogP contribution in [0.2, 0.25) is 0 Å². The Morgan fingerprint density at radius 1 is 1.32 bits per heavy atom. The molecule has 19 heavy (non-hydrogen) atoms. The second-order valence-corrected chi connectivity index (χ2v) is 4.96. The van der Waals surface area contributed by atoms with Gasteiger partial charge in [-0.2, -0.15) is 0 Å². The zero-order valence-electron chi connectivity index (χ0n) is 10.0. The highest BCUT2D eigenvalue weighted by molar-refractivity contribution is 5.74. The third-order valence-corrected chi connectivity index (χ3v) is 3.22. The summed E-state index contributed by atoms with van der Waals surface area (Å²) in [6.45, 7) is 0. The molecule has 1 saturated carbocycles. The van der Waals surface area contributed by atoms with Gasteiger partial charge in [-0.1, -0.05) is 24.3 Å². The summed E-state index contributed by atoms with van der Waals surface area (Å²) >= 11 is 0. The lowest BCUT2D eigenvalue weighted by Gasteiger charge is -2.47. The Bertz CT molecular complexity index is 491. The van der Waals surface area contributed by atoms with Crippen molar-refractivity contribution in [1.29, 1.82) is 0 Å². The van der Waals surface area contributed by atoms with Gasteiger partial charge in [0.2, 0.25) is 0 Å². The Morgan fingerprint density at radius 2 is 1.89 bits per heavy atom. The Labute approximate surface area is 108 Å². The van der Waals surface area contributed by atoms with Gasteiger partial charge < -0.3 is 10.4 Å². The molecule has 2 rings (SSSR count). The molecule has 0 spiro atoms. The number of carboxylic acid groups (broad SMARTS) is 1. The summed E-state index contributed by atoms with van der Waals surface area (Å²) in [6, 6.07) is 6.44. The maximum absolute atomic E-state index is 13.0. The van der Waals surface area contributed by atoms with Gasteiger partial charge >= 0.3 is 6.09 Å². The number of nitrogens with one attached hydrogen (secondary N) is 1. The molecule has 1 amide bonds. The predicted octanol–water partition coefficient (Wildman–Crippen LogP) is 2.48. The Hall–Kier alpha value is -1.98. The highest BCUT2D eigenvalue weighted by Gasteiger charge is 2.57. The number of alkyl halides is 2. The first-order chi connectivity index (χ1) is 8.84. The van der Waals surface area contributed by atoms with Gasteiger partial charge in [0.25, 0.3) is 5.92 Å². The van der Waals surface area contributed by atoms with Gasteiger partial charge in [0, 0.05) is 18.4 Å². The average molecular weight is 269 g/mol. The minimum atomic E-state index is -2.81. The van der Waals surface area contributed by atoms with Crippen LogP contribution >= 0.6 is 0 Å². The molecule has 4 nitrogen and oxygen atoms in total. The van der Waals surface area contributed by atoms with Crippen molar-refractivity contribution in [2.75, 3.05) is 0 Å². The Balaban J connectivity index is 2.12. The van der Waals surface area contributed by atoms with E-state index in [1.165, 1.54) is 0 Å². The fraction of sp³-hybridized carbons (Fsp3) is 0.385. The zero-order valence-corrected chi connectivity index (χ0v) is 10.0. The molecule has 0 aliphatic heterocycles. The average Bonchev–Trinajstić information content (AvgIpc) is 2.26.